The average molecular weight is 578 g/mol. The molecule has 2 aliphatic rings. The van der Waals surface area contributed by atoms with E-state index in [9.17, 15) is 34.4 Å². The minimum atomic E-state index is -0.960. The molecular formula is C29H27N3O10. The third-order valence-electron chi connectivity index (χ3n) is 7.58. The van der Waals surface area contributed by atoms with E-state index in [0.717, 1.165) is 5.56 Å². The summed E-state index contributed by atoms with van der Waals surface area (Å²) < 4.78 is 16.1. The molecular weight excluding hydrogens is 550 g/mol. The van der Waals surface area contributed by atoms with E-state index in [1.165, 1.54) is 48.2 Å². The number of fused-ring (bicyclic) bond motifs is 2. The maximum atomic E-state index is 13.2. The highest BCUT2D eigenvalue weighted by molar-refractivity contribution is 6.01. The summed E-state index contributed by atoms with van der Waals surface area (Å²) in [6, 6.07) is 11.1. The van der Waals surface area contributed by atoms with Crippen molar-refractivity contribution in [2.45, 2.75) is 39.5 Å². The van der Waals surface area contributed by atoms with Crippen LogP contribution in [0.5, 0.6) is 0 Å². The number of non-ortho nitro benzene ring substituents is 1. The molecule has 0 unspecified atom stereocenters. The number of rotatable bonds is 8. The van der Waals surface area contributed by atoms with Crippen molar-refractivity contribution in [2.24, 2.45) is 11.8 Å². The number of anilines is 1. The molecule has 13 nitrogen and oxygen atoms in total. The van der Waals surface area contributed by atoms with Gasteiger partial charge in [-0.3, -0.25) is 20.2 Å². The Kier molecular flexibility index (Phi) is 7.52. The molecule has 1 aromatic heterocycles. The van der Waals surface area contributed by atoms with Crippen molar-refractivity contribution in [1.82, 2.24) is 4.90 Å². The smallest absolute Gasteiger partial charge is 0.411 e. The van der Waals surface area contributed by atoms with Crippen molar-refractivity contribution in [1.29, 1.82) is 0 Å². The van der Waals surface area contributed by atoms with Crippen molar-refractivity contribution in [3.63, 3.8) is 0 Å². The number of carbonyl (C=O) groups is 3. The van der Waals surface area contributed by atoms with Gasteiger partial charge < -0.3 is 23.9 Å². The van der Waals surface area contributed by atoms with Crippen LogP contribution in [0.25, 0.3) is 11.0 Å². The van der Waals surface area contributed by atoms with Gasteiger partial charge in [-0.15, -0.1) is 0 Å². The van der Waals surface area contributed by atoms with Crippen molar-refractivity contribution in [2.75, 3.05) is 11.9 Å². The first-order valence-corrected chi connectivity index (χ1v) is 13.1. The van der Waals surface area contributed by atoms with Crippen LogP contribution in [-0.2, 0) is 25.7 Å². The minimum absolute atomic E-state index is 0.0629. The van der Waals surface area contributed by atoms with Gasteiger partial charge in [-0.05, 0) is 49.2 Å². The highest BCUT2D eigenvalue weighted by atomic mass is 16.6. The number of ether oxygens (including phenoxy) is 2. The molecule has 0 aliphatic carbocycles. The molecule has 1 saturated heterocycles. The SMILES string of the molecule is Cc1cc(=O)oc2cc(NC(=O)OCC3=C(C(=O)OCc4ccc([N+](=O)[O-])cc4)N4C(=O)[C@H]([C@@H](C)O)[C@H]4[C@H]3C)ccc12. The van der Waals surface area contributed by atoms with Crippen LogP contribution in [-0.4, -0.2) is 51.7 Å². The number of nitro groups is 1. The average Bonchev–Trinajstić information content (AvgIpc) is 3.17. The Morgan fingerprint density at radius 2 is 1.83 bits per heavy atom. The number of benzene rings is 2. The lowest BCUT2D eigenvalue weighted by atomic mass is 9.78. The number of nitrogens with zero attached hydrogens (tertiary/aromatic N) is 2. The van der Waals surface area contributed by atoms with Crippen LogP contribution in [0.3, 0.4) is 0 Å². The van der Waals surface area contributed by atoms with Crippen molar-refractivity contribution in [3.05, 3.63) is 91.5 Å². The molecule has 3 aromatic rings. The zero-order valence-corrected chi connectivity index (χ0v) is 22.9. The van der Waals surface area contributed by atoms with Gasteiger partial charge in [0.25, 0.3) is 5.69 Å². The fraction of sp³-hybridized carbons (Fsp3) is 0.310. The summed E-state index contributed by atoms with van der Waals surface area (Å²) in [7, 11) is 0. The Balaban J connectivity index is 1.32. The number of esters is 1. The first-order chi connectivity index (χ1) is 20.0. The van der Waals surface area contributed by atoms with Crippen molar-refractivity contribution in [3.8, 4) is 0 Å². The molecule has 1 fully saturated rings. The lowest BCUT2D eigenvalue weighted by Crippen LogP contribution is -2.63. The van der Waals surface area contributed by atoms with Crippen LogP contribution in [0.4, 0.5) is 16.2 Å². The Morgan fingerprint density at radius 3 is 2.50 bits per heavy atom. The molecule has 0 radical (unpaired) electrons. The van der Waals surface area contributed by atoms with E-state index in [0.29, 0.717) is 22.2 Å². The van der Waals surface area contributed by atoms with Gasteiger partial charge in [0.15, 0.2) is 0 Å². The quantitative estimate of drug-likeness (QED) is 0.132. The van der Waals surface area contributed by atoms with E-state index < -0.39 is 52.5 Å². The minimum Gasteiger partial charge on any atom is -0.456 e. The maximum Gasteiger partial charge on any atom is 0.411 e. The number of hydrogen-bond donors (Lipinski definition) is 2. The van der Waals surface area contributed by atoms with Crippen LogP contribution in [0.15, 0.2) is 69.0 Å². The standard InChI is InChI=1S/C29H27N3O10/c1-14-10-23(34)42-22-11-18(6-9-20(14)22)30-29(37)41-13-21-15(2)25-24(16(3)33)27(35)31(25)26(21)28(36)40-12-17-4-7-19(8-5-17)32(38)39/h4-11,15-16,24-25,33H,12-13H2,1-3H3,(H,30,37)/t15-,16+,24+,25+/m0/s1. The number of amides is 2. The third-order valence-corrected chi connectivity index (χ3v) is 7.58. The summed E-state index contributed by atoms with van der Waals surface area (Å²) in [5.74, 6) is -2.45. The van der Waals surface area contributed by atoms with Crippen LogP contribution < -0.4 is 10.9 Å². The van der Waals surface area contributed by atoms with Crippen LogP contribution >= 0.6 is 0 Å². The normalized spacial score (nSPS) is 20.1. The zero-order chi connectivity index (χ0) is 30.3. The van der Waals surface area contributed by atoms with Gasteiger partial charge in [-0.25, -0.2) is 14.4 Å². The van der Waals surface area contributed by atoms with E-state index >= 15 is 0 Å². The molecule has 0 saturated carbocycles. The Labute approximate surface area is 238 Å². The zero-order valence-electron chi connectivity index (χ0n) is 22.9. The predicted molar refractivity (Wildman–Crippen MR) is 147 cm³/mol. The number of carbonyl (C=O) groups excluding carboxylic acids is 3. The monoisotopic (exact) mass is 577 g/mol. The number of hydrogen-bond acceptors (Lipinski definition) is 10. The Bertz CT molecular complexity index is 1690. The summed E-state index contributed by atoms with van der Waals surface area (Å²) >= 11 is 0. The van der Waals surface area contributed by atoms with Gasteiger partial charge in [-0.1, -0.05) is 6.92 Å². The first-order valence-electron chi connectivity index (χ1n) is 13.1. The summed E-state index contributed by atoms with van der Waals surface area (Å²) in [6.07, 6.45) is -1.81. The summed E-state index contributed by atoms with van der Waals surface area (Å²) in [5, 5.41) is 24.3. The number of aliphatic hydroxyl groups is 1. The highest BCUT2D eigenvalue weighted by Crippen LogP contribution is 2.47. The van der Waals surface area contributed by atoms with E-state index in [-0.39, 0.29) is 30.2 Å². The molecule has 2 amide bonds. The molecule has 0 bridgehead atoms. The van der Waals surface area contributed by atoms with Gasteiger partial charge in [0.1, 0.15) is 24.5 Å². The fourth-order valence-corrected chi connectivity index (χ4v) is 5.45. The predicted octanol–water partition coefficient (Wildman–Crippen LogP) is 3.41. The summed E-state index contributed by atoms with van der Waals surface area (Å²) in [4.78, 5) is 62.2. The van der Waals surface area contributed by atoms with Gasteiger partial charge in [-0.2, -0.15) is 0 Å². The lowest BCUT2D eigenvalue weighted by Gasteiger charge is -2.46. The van der Waals surface area contributed by atoms with Gasteiger partial charge in [0.2, 0.25) is 5.91 Å². The van der Waals surface area contributed by atoms with E-state index in [2.05, 4.69) is 5.32 Å². The fourth-order valence-electron chi connectivity index (χ4n) is 5.45. The van der Waals surface area contributed by atoms with Gasteiger partial charge in [0.05, 0.1) is 23.0 Å². The molecule has 4 atom stereocenters. The largest absolute Gasteiger partial charge is 0.456 e. The molecule has 42 heavy (non-hydrogen) atoms. The number of β-lactam (4-membered cyclic amide) rings is 1. The maximum absolute atomic E-state index is 13.2. The Morgan fingerprint density at radius 1 is 1.12 bits per heavy atom. The molecule has 0 spiro atoms. The molecule has 218 valence electrons. The Hall–Kier alpha value is -5.04. The van der Waals surface area contributed by atoms with E-state index in [1.807, 2.05) is 0 Å². The molecule has 13 heteroatoms. The molecule has 5 rings (SSSR count). The molecule has 2 N–H and O–H groups in total. The lowest BCUT2D eigenvalue weighted by molar-refractivity contribution is -0.384. The van der Waals surface area contributed by atoms with Crippen LogP contribution in [0.1, 0.15) is 25.0 Å². The second-order valence-corrected chi connectivity index (χ2v) is 10.3. The van der Waals surface area contributed by atoms with Gasteiger partial charge in [0, 0.05) is 46.8 Å². The summed E-state index contributed by atoms with van der Waals surface area (Å²) in [6.45, 7) is 4.47. The van der Waals surface area contributed by atoms with Crippen molar-refractivity contribution < 1.29 is 38.3 Å². The van der Waals surface area contributed by atoms with Crippen molar-refractivity contribution >= 4 is 40.3 Å². The summed E-state index contributed by atoms with van der Waals surface area (Å²) in [5.41, 5.74) is 1.46. The van der Waals surface area contributed by atoms with Crippen LogP contribution in [0, 0.1) is 28.9 Å². The number of aliphatic hydroxyl groups excluding tert-OH is 1. The highest BCUT2D eigenvalue weighted by Gasteiger charge is 2.60. The number of nitro benzene ring substituents is 1. The first kappa shape index (κ1) is 28.5. The van der Waals surface area contributed by atoms with E-state index in [1.54, 1.807) is 26.0 Å². The topological polar surface area (TPSA) is 179 Å². The van der Waals surface area contributed by atoms with Gasteiger partial charge >= 0.3 is 17.7 Å². The third kappa shape index (κ3) is 5.21. The van der Waals surface area contributed by atoms with Crippen LogP contribution in [0.2, 0.25) is 0 Å². The molecule has 2 aliphatic heterocycles. The number of nitrogens with one attached hydrogen (secondary N) is 1. The molecule has 3 heterocycles. The molecule has 2 aromatic carbocycles. The van der Waals surface area contributed by atoms with E-state index in [4.69, 9.17) is 13.9 Å². The second-order valence-electron chi connectivity index (χ2n) is 10.3. The number of aryl methyl sites for hydroxylation is 1. The second kappa shape index (κ2) is 11.1.